The van der Waals surface area contributed by atoms with Crippen molar-refractivity contribution in [3.8, 4) is 0 Å². The molecule has 0 bridgehead atoms. The van der Waals surface area contributed by atoms with Crippen LogP contribution >= 0.6 is 0 Å². The van der Waals surface area contributed by atoms with Gasteiger partial charge in [-0.25, -0.2) is 0 Å². The van der Waals surface area contributed by atoms with Gasteiger partial charge in [0, 0.05) is 12.6 Å². The van der Waals surface area contributed by atoms with Crippen LogP contribution in [0, 0.1) is 0 Å². The Labute approximate surface area is 111 Å². The molecule has 0 aliphatic carbocycles. The fourth-order valence-electron chi connectivity index (χ4n) is 2.94. The van der Waals surface area contributed by atoms with Gasteiger partial charge in [-0.1, -0.05) is 43.2 Å². The lowest BCUT2D eigenvalue weighted by Gasteiger charge is -2.30. The molecule has 0 radical (unpaired) electrons. The third-order valence-corrected chi connectivity index (χ3v) is 3.97. The Morgan fingerprint density at radius 3 is 2.72 bits per heavy atom. The summed E-state index contributed by atoms with van der Waals surface area (Å²) in [6.45, 7) is 3.19. The number of likely N-dealkylation sites (tertiary alicyclic amines) is 1. The Bertz CT molecular complexity index is 323. The van der Waals surface area contributed by atoms with Crippen molar-refractivity contribution in [1.29, 1.82) is 0 Å². The number of rotatable bonds is 5. The predicted molar refractivity (Wildman–Crippen MR) is 77.4 cm³/mol. The molecule has 0 amide bonds. The normalized spacial score (nSPS) is 21.7. The number of nitrogens with two attached hydrogens (primary N) is 1. The van der Waals surface area contributed by atoms with E-state index in [9.17, 15) is 0 Å². The van der Waals surface area contributed by atoms with Crippen LogP contribution in [0.3, 0.4) is 0 Å². The van der Waals surface area contributed by atoms with Gasteiger partial charge in [0.2, 0.25) is 0 Å². The van der Waals surface area contributed by atoms with Crippen LogP contribution in [-0.4, -0.2) is 24.0 Å². The number of benzene rings is 1. The molecule has 2 heteroatoms. The minimum atomic E-state index is 0.747. The molecule has 1 aromatic rings. The lowest BCUT2D eigenvalue weighted by Crippen LogP contribution is -2.34. The van der Waals surface area contributed by atoms with E-state index in [4.69, 9.17) is 5.73 Å². The molecule has 0 aromatic heterocycles. The number of nitrogens with zero attached hydrogens (tertiary/aromatic N) is 1. The highest BCUT2D eigenvalue weighted by atomic mass is 15.2. The van der Waals surface area contributed by atoms with Crippen molar-refractivity contribution in [3.63, 3.8) is 0 Å². The molecule has 1 atom stereocenters. The average molecular weight is 246 g/mol. The molecule has 1 fully saturated rings. The molecule has 0 saturated carbocycles. The first-order valence-corrected chi connectivity index (χ1v) is 7.38. The molecule has 18 heavy (non-hydrogen) atoms. The lowest BCUT2D eigenvalue weighted by atomic mass is 10.0. The van der Waals surface area contributed by atoms with Gasteiger partial charge < -0.3 is 5.73 Å². The molecular weight excluding hydrogens is 220 g/mol. The molecule has 2 rings (SSSR count). The van der Waals surface area contributed by atoms with Crippen LogP contribution in [0.4, 0.5) is 0 Å². The average Bonchev–Trinajstić information content (AvgIpc) is 2.63. The maximum absolute atomic E-state index is 5.66. The molecule has 1 aliphatic rings. The first kappa shape index (κ1) is 13.6. The van der Waals surface area contributed by atoms with Gasteiger partial charge in [0.25, 0.3) is 0 Å². The molecule has 2 nitrogen and oxygen atoms in total. The van der Waals surface area contributed by atoms with Crippen molar-refractivity contribution < 1.29 is 0 Å². The van der Waals surface area contributed by atoms with Crippen molar-refractivity contribution in [1.82, 2.24) is 4.90 Å². The Hall–Kier alpha value is -0.860. The summed E-state index contributed by atoms with van der Waals surface area (Å²) >= 11 is 0. The van der Waals surface area contributed by atoms with Crippen molar-refractivity contribution >= 4 is 0 Å². The zero-order valence-electron chi connectivity index (χ0n) is 11.4. The van der Waals surface area contributed by atoms with Crippen LogP contribution in [0.2, 0.25) is 0 Å². The molecule has 1 aliphatic heterocycles. The van der Waals surface area contributed by atoms with E-state index in [2.05, 4.69) is 35.2 Å². The van der Waals surface area contributed by atoms with Crippen LogP contribution in [0.25, 0.3) is 0 Å². The third kappa shape index (κ3) is 4.11. The Morgan fingerprint density at radius 2 is 1.94 bits per heavy atom. The van der Waals surface area contributed by atoms with Gasteiger partial charge in [0.05, 0.1) is 0 Å². The largest absolute Gasteiger partial charge is 0.330 e. The van der Waals surface area contributed by atoms with Crippen LogP contribution in [-0.2, 0) is 6.54 Å². The summed E-state index contributed by atoms with van der Waals surface area (Å²) in [6.07, 6.45) is 7.92. The van der Waals surface area contributed by atoms with Gasteiger partial charge >= 0.3 is 0 Å². The lowest BCUT2D eigenvalue weighted by molar-refractivity contribution is 0.179. The second-order valence-electron chi connectivity index (χ2n) is 5.39. The van der Waals surface area contributed by atoms with E-state index in [0.717, 1.165) is 25.6 Å². The molecule has 1 aromatic carbocycles. The molecular formula is C16H26N2. The molecule has 100 valence electrons. The van der Waals surface area contributed by atoms with E-state index in [1.807, 2.05) is 0 Å². The minimum absolute atomic E-state index is 0.747. The fourth-order valence-corrected chi connectivity index (χ4v) is 2.94. The van der Waals surface area contributed by atoms with E-state index < -0.39 is 0 Å². The summed E-state index contributed by atoms with van der Waals surface area (Å²) in [5.74, 6) is 0. The van der Waals surface area contributed by atoms with E-state index >= 15 is 0 Å². The van der Waals surface area contributed by atoms with Gasteiger partial charge in [-0.05, 0) is 44.3 Å². The second-order valence-corrected chi connectivity index (χ2v) is 5.39. The molecule has 2 N–H and O–H groups in total. The smallest absolute Gasteiger partial charge is 0.0236 e. The Balaban J connectivity index is 1.96. The second kappa shape index (κ2) is 7.55. The zero-order valence-corrected chi connectivity index (χ0v) is 11.4. The Morgan fingerprint density at radius 1 is 1.11 bits per heavy atom. The van der Waals surface area contributed by atoms with Crippen molar-refractivity contribution in [2.24, 2.45) is 5.73 Å². The minimum Gasteiger partial charge on any atom is -0.330 e. The highest BCUT2D eigenvalue weighted by Crippen LogP contribution is 2.22. The predicted octanol–water partition coefficient (Wildman–Crippen LogP) is 3.17. The summed E-state index contributed by atoms with van der Waals surface area (Å²) in [5.41, 5.74) is 7.11. The van der Waals surface area contributed by atoms with Gasteiger partial charge in [-0.15, -0.1) is 0 Å². The highest BCUT2D eigenvalue weighted by molar-refractivity contribution is 5.14. The van der Waals surface area contributed by atoms with Crippen molar-refractivity contribution in [3.05, 3.63) is 35.9 Å². The standard InChI is InChI=1S/C16H26N2/c17-12-7-11-16-10-5-2-6-13-18(16)14-15-8-3-1-4-9-15/h1,3-4,8-9,16H,2,5-7,10-14,17H2/t16-/m0/s1. The van der Waals surface area contributed by atoms with E-state index in [1.165, 1.54) is 44.2 Å². The molecule has 0 unspecified atom stereocenters. The van der Waals surface area contributed by atoms with Crippen LogP contribution < -0.4 is 5.73 Å². The Kier molecular flexibility index (Phi) is 5.69. The number of hydrogen-bond acceptors (Lipinski definition) is 2. The fraction of sp³-hybridized carbons (Fsp3) is 0.625. The SMILES string of the molecule is NCCC[C@@H]1CCCCCN1Cc1ccccc1. The van der Waals surface area contributed by atoms with Crippen molar-refractivity contribution in [2.75, 3.05) is 13.1 Å². The van der Waals surface area contributed by atoms with Crippen LogP contribution in [0.15, 0.2) is 30.3 Å². The van der Waals surface area contributed by atoms with Crippen LogP contribution in [0.5, 0.6) is 0 Å². The van der Waals surface area contributed by atoms with Crippen LogP contribution in [0.1, 0.15) is 44.1 Å². The van der Waals surface area contributed by atoms with E-state index in [-0.39, 0.29) is 0 Å². The molecule has 1 saturated heterocycles. The molecule has 1 heterocycles. The summed E-state index contributed by atoms with van der Waals surface area (Å²) < 4.78 is 0. The zero-order chi connectivity index (χ0) is 12.6. The maximum Gasteiger partial charge on any atom is 0.0236 e. The monoisotopic (exact) mass is 246 g/mol. The quantitative estimate of drug-likeness (QED) is 0.864. The summed E-state index contributed by atoms with van der Waals surface area (Å²) in [6, 6.07) is 11.6. The summed E-state index contributed by atoms with van der Waals surface area (Å²) in [7, 11) is 0. The van der Waals surface area contributed by atoms with Crippen molar-refractivity contribution in [2.45, 2.75) is 51.1 Å². The van der Waals surface area contributed by atoms with E-state index in [0.29, 0.717) is 0 Å². The van der Waals surface area contributed by atoms with Gasteiger partial charge in [-0.3, -0.25) is 4.90 Å². The van der Waals surface area contributed by atoms with Gasteiger partial charge in [-0.2, -0.15) is 0 Å². The number of hydrogen-bond donors (Lipinski definition) is 1. The maximum atomic E-state index is 5.66. The summed E-state index contributed by atoms with van der Waals surface area (Å²) in [4.78, 5) is 2.68. The topological polar surface area (TPSA) is 29.3 Å². The first-order chi connectivity index (χ1) is 8.90. The molecule has 0 spiro atoms. The summed E-state index contributed by atoms with van der Waals surface area (Å²) in [5, 5.41) is 0. The van der Waals surface area contributed by atoms with Gasteiger partial charge in [0.15, 0.2) is 0 Å². The van der Waals surface area contributed by atoms with Gasteiger partial charge in [0.1, 0.15) is 0 Å². The third-order valence-electron chi connectivity index (χ3n) is 3.97. The van der Waals surface area contributed by atoms with E-state index in [1.54, 1.807) is 0 Å². The first-order valence-electron chi connectivity index (χ1n) is 7.38. The highest BCUT2D eigenvalue weighted by Gasteiger charge is 2.20.